The summed E-state index contributed by atoms with van der Waals surface area (Å²) in [7, 11) is 0. The van der Waals surface area contributed by atoms with Gasteiger partial charge in [-0.2, -0.15) is 4.99 Å². The molecule has 1 aliphatic heterocycles. The van der Waals surface area contributed by atoms with Crippen LogP contribution in [0.15, 0.2) is 9.98 Å². The number of aliphatic imine (C=N–C) groups is 2. The fraction of sp³-hybridized carbons (Fsp3) is 0.750. The van der Waals surface area contributed by atoms with Gasteiger partial charge in [0.25, 0.3) is 0 Å². The highest BCUT2D eigenvalue weighted by Crippen LogP contribution is 2.26. The van der Waals surface area contributed by atoms with E-state index in [1.807, 2.05) is 13.2 Å². The third-order valence-electron chi connectivity index (χ3n) is 2.00. The summed E-state index contributed by atoms with van der Waals surface area (Å²) in [6.45, 7) is 4.89. The lowest BCUT2D eigenvalue weighted by atomic mass is 10.3. The van der Waals surface area contributed by atoms with E-state index < -0.39 is 0 Å². The summed E-state index contributed by atoms with van der Waals surface area (Å²) in [6.07, 6.45) is 2.86. The van der Waals surface area contributed by atoms with Gasteiger partial charge in [-0.15, -0.1) is 11.8 Å². The third-order valence-corrected chi connectivity index (χ3v) is 3.15. The molecule has 0 amide bonds. The van der Waals surface area contributed by atoms with E-state index in [1.165, 1.54) is 0 Å². The molecule has 1 aliphatic rings. The zero-order valence-electron chi connectivity index (χ0n) is 8.79. The molecule has 1 heterocycles. The lowest BCUT2D eigenvalue weighted by Crippen LogP contribution is -2.53. The third kappa shape index (κ3) is 2.31. The fourth-order valence-electron chi connectivity index (χ4n) is 1.23. The Balaban J connectivity index is 2.83. The molecule has 1 atom stereocenters. The number of hydrogen-bond acceptors (Lipinski definition) is 6. The van der Waals surface area contributed by atoms with Gasteiger partial charge >= 0.3 is 0 Å². The quantitative estimate of drug-likeness (QED) is 0.633. The van der Waals surface area contributed by atoms with Crippen LogP contribution in [-0.4, -0.2) is 29.7 Å². The monoisotopic (exact) mass is 215 g/mol. The van der Waals surface area contributed by atoms with Gasteiger partial charge in [0, 0.05) is 6.54 Å². The Hall–Kier alpha value is -0.910. The average Bonchev–Trinajstić information content (AvgIpc) is 2.17. The van der Waals surface area contributed by atoms with Crippen LogP contribution in [0.4, 0.5) is 0 Å². The number of nitrogens with zero attached hydrogens (tertiary/aromatic N) is 2. The molecule has 0 saturated carbocycles. The molecule has 0 spiro atoms. The van der Waals surface area contributed by atoms with Crippen molar-refractivity contribution in [3.05, 3.63) is 0 Å². The number of guanidine groups is 2. The van der Waals surface area contributed by atoms with Crippen molar-refractivity contribution >= 4 is 23.7 Å². The van der Waals surface area contributed by atoms with Gasteiger partial charge < -0.3 is 16.4 Å². The number of nitrogens with one attached hydrogen (secondary N) is 2. The van der Waals surface area contributed by atoms with E-state index in [0.717, 1.165) is 13.0 Å². The molecule has 6 heteroatoms. The fourth-order valence-corrected chi connectivity index (χ4v) is 1.90. The summed E-state index contributed by atoms with van der Waals surface area (Å²) in [4.78, 5) is 8.02. The maximum Gasteiger partial charge on any atom is 0.221 e. The second kappa shape index (κ2) is 4.54. The van der Waals surface area contributed by atoms with Crippen LogP contribution in [0.5, 0.6) is 0 Å². The lowest BCUT2D eigenvalue weighted by Gasteiger charge is -2.32. The minimum Gasteiger partial charge on any atom is -0.368 e. The highest BCUT2D eigenvalue weighted by Gasteiger charge is 2.30. The van der Waals surface area contributed by atoms with Gasteiger partial charge in [-0.3, -0.25) is 0 Å². The SMILES string of the molecule is CCNC1=NC(N)=NC(CC)(SC)N1. The first-order valence-electron chi connectivity index (χ1n) is 4.67. The van der Waals surface area contributed by atoms with E-state index in [0.29, 0.717) is 11.9 Å². The van der Waals surface area contributed by atoms with Crippen LogP contribution in [0.2, 0.25) is 0 Å². The van der Waals surface area contributed by atoms with Crippen molar-refractivity contribution in [2.24, 2.45) is 15.7 Å². The van der Waals surface area contributed by atoms with Crippen LogP contribution in [0.3, 0.4) is 0 Å². The van der Waals surface area contributed by atoms with Gasteiger partial charge in [-0.25, -0.2) is 4.99 Å². The molecule has 1 rings (SSSR count). The molecule has 14 heavy (non-hydrogen) atoms. The van der Waals surface area contributed by atoms with Crippen molar-refractivity contribution in [3.63, 3.8) is 0 Å². The molecule has 80 valence electrons. The average molecular weight is 215 g/mol. The lowest BCUT2D eigenvalue weighted by molar-refractivity contribution is 0.540. The topological polar surface area (TPSA) is 74.8 Å². The van der Waals surface area contributed by atoms with Crippen LogP contribution < -0.4 is 16.4 Å². The molecule has 0 radical (unpaired) electrons. The summed E-state index contributed by atoms with van der Waals surface area (Å²) in [5, 5.41) is 6.33. The number of hydrogen-bond donors (Lipinski definition) is 3. The minimum absolute atomic E-state index is 0.330. The van der Waals surface area contributed by atoms with Crippen LogP contribution in [-0.2, 0) is 0 Å². The van der Waals surface area contributed by atoms with Gasteiger partial charge in [-0.05, 0) is 19.6 Å². The van der Waals surface area contributed by atoms with Crippen molar-refractivity contribution in [2.75, 3.05) is 12.8 Å². The molecule has 0 fully saturated rings. The minimum atomic E-state index is -0.358. The Kier molecular flexibility index (Phi) is 3.62. The van der Waals surface area contributed by atoms with Gasteiger partial charge in [-0.1, -0.05) is 6.92 Å². The van der Waals surface area contributed by atoms with E-state index in [-0.39, 0.29) is 4.99 Å². The second-order valence-corrected chi connectivity index (χ2v) is 4.01. The molecule has 0 aromatic carbocycles. The Morgan fingerprint density at radius 2 is 2.29 bits per heavy atom. The van der Waals surface area contributed by atoms with Crippen molar-refractivity contribution in [1.29, 1.82) is 0 Å². The smallest absolute Gasteiger partial charge is 0.221 e. The largest absolute Gasteiger partial charge is 0.368 e. The second-order valence-electron chi connectivity index (χ2n) is 2.93. The summed E-state index contributed by atoms with van der Waals surface area (Å²) in [5.41, 5.74) is 5.65. The molecular formula is C8H17N5S. The normalized spacial score (nSPS) is 26.2. The standard InChI is InChI=1S/C8H17N5S/c1-4-8(14-3)12-6(9)11-7(13-8)10-5-2/h4-5H2,1-3H3,(H4,9,10,11,12,13). The van der Waals surface area contributed by atoms with Gasteiger partial charge in [0.2, 0.25) is 11.9 Å². The van der Waals surface area contributed by atoms with Gasteiger partial charge in [0.05, 0.1) is 0 Å². The molecular weight excluding hydrogens is 198 g/mol. The van der Waals surface area contributed by atoms with E-state index >= 15 is 0 Å². The summed E-state index contributed by atoms with van der Waals surface area (Å²) in [6, 6.07) is 0. The zero-order valence-corrected chi connectivity index (χ0v) is 9.61. The van der Waals surface area contributed by atoms with Crippen molar-refractivity contribution in [2.45, 2.75) is 25.3 Å². The number of nitrogens with two attached hydrogens (primary N) is 1. The highest BCUT2D eigenvalue weighted by molar-refractivity contribution is 7.99. The van der Waals surface area contributed by atoms with Gasteiger partial charge in [0.1, 0.15) is 0 Å². The van der Waals surface area contributed by atoms with Crippen LogP contribution >= 0.6 is 11.8 Å². The molecule has 0 aromatic rings. The molecule has 0 bridgehead atoms. The zero-order chi connectivity index (χ0) is 10.6. The van der Waals surface area contributed by atoms with Crippen molar-refractivity contribution in [1.82, 2.24) is 10.6 Å². The van der Waals surface area contributed by atoms with Gasteiger partial charge in [0.15, 0.2) is 4.99 Å². The first-order chi connectivity index (χ1) is 6.65. The molecule has 4 N–H and O–H groups in total. The Bertz CT molecular complexity index is 256. The number of rotatable bonds is 3. The summed E-state index contributed by atoms with van der Waals surface area (Å²) in [5.74, 6) is 1.03. The van der Waals surface area contributed by atoms with E-state index in [9.17, 15) is 0 Å². The van der Waals surface area contributed by atoms with Crippen LogP contribution in [0.1, 0.15) is 20.3 Å². The predicted octanol–water partition coefficient (Wildman–Crippen LogP) is 0.297. The Morgan fingerprint density at radius 1 is 1.57 bits per heavy atom. The maximum absolute atomic E-state index is 5.65. The van der Waals surface area contributed by atoms with Crippen LogP contribution in [0.25, 0.3) is 0 Å². The molecule has 1 unspecified atom stereocenters. The summed E-state index contributed by atoms with van der Waals surface area (Å²) >= 11 is 1.63. The number of thioether (sulfide) groups is 1. The Morgan fingerprint density at radius 3 is 2.79 bits per heavy atom. The summed E-state index contributed by atoms with van der Waals surface area (Å²) < 4.78 is 0. The van der Waals surface area contributed by atoms with Crippen LogP contribution in [0, 0.1) is 0 Å². The van der Waals surface area contributed by atoms with Crippen molar-refractivity contribution in [3.8, 4) is 0 Å². The van der Waals surface area contributed by atoms with E-state index in [1.54, 1.807) is 11.8 Å². The first-order valence-corrected chi connectivity index (χ1v) is 5.89. The molecule has 0 saturated heterocycles. The maximum atomic E-state index is 5.65. The highest BCUT2D eigenvalue weighted by atomic mass is 32.2. The van der Waals surface area contributed by atoms with E-state index in [2.05, 4.69) is 27.5 Å². The predicted molar refractivity (Wildman–Crippen MR) is 62.4 cm³/mol. The van der Waals surface area contributed by atoms with Crippen molar-refractivity contribution < 1.29 is 0 Å². The molecule has 5 nitrogen and oxygen atoms in total. The Labute approximate surface area is 88.6 Å². The first kappa shape index (κ1) is 11.2. The molecule has 0 aromatic heterocycles. The molecule has 0 aliphatic carbocycles. The van der Waals surface area contributed by atoms with E-state index in [4.69, 9.17) is 5.73 Å².